The van der Waals surface area contributed by atoms with Crippen molar-refractivity contribution in [2.75, 3.05) is 0 Å². The monoisotopic (exact) mass is 658 g/mol. The lowest BCUT2D eigenvalue weighted by Gasteiger charge is -2.26. The van der Waals surface area contributed by atoms with Crippen LogP contribution < -0.4 is 0 Å². The summed E-state index contributed by atoms with van der Waals surface area (Å²) in [7, 11) is 0. The number of benzene rings is 4. The second kappa shape index (κ2) is 13.7. The maximum atomic E-state index is 4.99. The Morgan fingerprint density at radius 3 is 1.08 bits per heavy atom. The second-order valence-electron chi connectivity index (χ2n) is 12.9. The van der Waals surface area contributed by atoms with Crippen molar-refractivity contribution >= 4 is 0 Å². The minimum Gasteiger partial charge on any atom is -0.255 e. The normalized spacial score (nSPS) is 11.3. The lowest BCUT2D eigenvalue weighted by Crippen LogP contribution is -2.18. The molecule has 0 saturated heterocycles. The molecule has 244 valence electrons. The summed E-state index contributed by atoms with van der Waals surface area (Å²) >= 11 is 0. The Kier molecular flexibility index (Phi) is 8.48. The third kappa shape index (κ3) is 6.67. The highest BCUT2D eigenvalue weighted by Crippen LogP contribution is 2.35. The highest BCUT2D eigenvalue weighted by Gasteiger charge is 2.24. The zero-order valence-corrected chi connectivity index (χ0v) is 28.3. The first-order valence-electron chi connectivity index (χ1n) is 16.9. The van der Waals surface area contributed by atoms with E-state index in [0.29, 0.717) is 11.6 Å². The fourth-order valence-corrected chi connectivity index (χ4v) is 6.20. The van der Waals surface area contributed by atoms with Gasteiger partial charge in [0, 0.05) is 40.1 Å². The number of nitrogens with zero attached hydrogens (tertiary/aromatic N) is 6. The predicted octanol–water partition coefficient (Wildman–Crippen LogP) is 10.4. The Labute approximate surface area is 297 Å². The van der Waals surface area contributed by atoms with Crippen molar-refractivity contribution in [3.8, 4) is 68.1 Å². The van der Waals surface area contributed by atoms with Crippen LogP contribution in [0.3, 0.4) is 0 Å². The molecular formula is C45H34N6. The van der Waals surface area contributed by atoms with E-state index >= 15 is 0 Å². The van der Waals surface area contributed by atoms with Crippen LogP contribution in [0.2, 0.25) is 0 Å². The third-order valence-electron chi connectivity index (χ3n) is 9.18. The highest BCUT2D eigenvalue weighted by atomic mass is 14.9. The number of aromatic nitrogens is 6. The molecule has 0 N–H and O–H groups in total. The van der Waals surface area contributed by atoms with E-state index < -0.39 is 0 Å². The van der Waals surface area contributed by atoms with Gasteiger partial charge < -0.3 is 0 Å². The molecule has 4 aromatic heterocycles. The lowest BCUT2D eigenvalue weighted by molar-refractivity contribution is 0.641. The number of rotatable bonds is 8. The summed E-state index contributed by atoms with van der Waals surface area (Å²) in [6.45, 7) is 4.51. The van der Waals surface area contributed by atoms with Gasteiger partial charge in [0.05, 0.1) is 34.2 Å². The molecule has 4 aromatic carbocycles. The maximum Gasteiger partial charge on any atom is 0.160 e. The summed E-state index contributed by atoms with van der Waals surface area (Å²) < 4.78 is 0. The van der Waals surface area contributed by atoms with Gasteiger partial charge in [0.2, 0.25) is 0 Å². The molecule has 0 saturated carbocycles. The highest BCUT2D eigenvalue weighted by molar-refractivity contribution is 5.72. The van der Waals surface area contributed by atoms with Crippen molar-refractivity contribution in [2.45, 2.75) is 19.3 Å². The van der Waals surface area contributed by atoms with Crippen LogP contribution in [-0.4, -0.2) is 29.9 Å². The van der Waals surface area contributed by atoms with Crippen LogP contribution >= 0.6 is 0 Å². The number of hydrogen-bond acceptors (Lipinski definition) is 6. The molecule has 0 bridgehead atoms. The Morgan fingerprint density at radius 2 is 0.706 bits per heavy atom. The number of hydrogen-bond donors (Lipinski definition) is 0. The van der Waals surface area contributed by atoms with Crippen LogP contribution in [0.25, 0.3) is 68.1 Å². The standard InChI is InChI=1S/C45H34N6/c1-45(2,35-23-19-31(20-24-35)39-29-41(37-17-9-11-27-46-37)50-43(48-39)33-13-5-3-6-14-33)36-25-21-32(22-26-36)40-30-42(38-18-10-12-28-47-38)51-44(49-40)34-15-7-4-8-16-34/h3-30H,1-2H3. The van der Waals surface area contributed by atoms with Crippen LogP contribution in [0.5, 0.6) is 0 Å². The van der Waals surface area contributed by atoms with Gasteiger partial charge in [-0.25, -0.2) is 19.9 Å². The summed E-state index contributed by atoms with van der Waals surface area (Å²) in [4.78, 5) is 28.9. The van der Waals surface area contributed by atoms with Gasteiger partial charge >= 0.3 is 0 Å². The zero-order valence-electron chi connectivity index (χ0n) is 28.3. The van der Waals surface area contributed by atoms with Gasteiger partial charge in [-0.05, 0) is 47.5 Å². The molecule has 8 rings (SSSR count). The van der Waals surface area contributed by atoms with Crippen molar-refractivity contribution in [3.63, 3.8) is 0 Å². The molecule has 0 aliphatic carbocycles. The molecule has 0 radical (unpaired) electrons. The van der Waals surface area contributed by atoms with Crippen LogP contribution in [-0.2, 0) is 5.41 Å². The molecule has 6 heteroatoms. The Bertz CT molecular complexity index is 2110. The largest absolute Gasteiger partial charge is 0.255 e. The van der Waals surface area contributed by atoms with Gasteiger partial charge in [-0.15, -0.1) is 0 Å². The molecule has 6 nitrogen and oxygen atoms in total. The maximum absolute atomic E-state index is 4.99. The third-order valence-corrected chi connectivity index (χ3v) is 9.18. The van der Waals surface area contributed by atoms with Crippen molar-refractivity contribution in [1.29, 1.82) is 0 Å². The smallest absolute Gasteiger partial charge is 0.160 e. The summed E-state index contributed by atoms with van der Waals surface area (Å²) in [5, 5.41) is 0. The van der Waals surface area contributed by atoms with Crippen molar-refractivity contribution in [2.24, 2.45) is 0 Å². The van der Waals surface area contributed by atoms with Crippen LogP contribution in [0.15, 0.2) is 170 Å². The summed E-state index contributed by atoms with van der Waals surface area (Å²) in [5.74, 6) is 1.34. The fourth-order valence-electron chi connectivity index (χ4n) is 6.20. The molecule has 8 aromatic rings. The predicted molar refractivity (Wildman–Crippen MR) is 204 cm³/mol. The fraction of sp³-hybridized carbons (Fsp3) is 0.0667. The van der Waals surface area contributed by atoms with E-state index in [1.54, 1.807) is 12.4 Å². The SMILES string of the molecule is CC(C)(c1ccc(-c2cc(-c3ccccn3)nc(-c3ccccc3)n2)cc1)c1ccc(-c2cc(-c3ccccn3)nc(-c3ccccc3)n2)cc1. The first-order valence-corrected chi connectivity index (χ1v) is 16.9. The first kappa shape index (κ1) is 31.6. The summed E-state index contributed by atoms with van der Waals surface area (Å²) in [5.41, 5.74) is 11.0. The van der Waals surface area contributed by atoms with E-state index in [-0.39, 0.29) is 5.41 Å². The van der Waals surface area contributed by atoms with Gasteiger partial charge in [-0.3, -0.25) is 9.97 Å². The molecule has 0 atom stereocenters. The molecule has 0 spiro atoms. The molecule has 0 fully saturated rings. The van der Waals surface area contributed by atoms with Gasteiger partial charge in [-0.2, -0.15) is 0 Å². The van der Waals surface area contributed by atoms with Crippen molar-refractivity contribution < 1.29 is 0 Å². The molecule has 4 heterocycles. The van der Waals surface area contributed by atoms with E-state index in [1.165, 1.54) is 11.1 Å². The minimum atomic E-state index is -0.253. The van der Waals surface area contributed by atoms with Crippen LogP contribution in [0, 0.1) is 0 Å². The van der Waals surface area contributed by atoms with Crippen molar-refractivity contribution in [3.05, 3.63) is 181 Å². The second-order valence-corrected chi connectivity index (χ2v) is 12.9. The summed E-state index contributed by atoms with van der Waals surface area (Å²) in [6, 6.07) is 53.3. The van der Waals surface area contributed by atoms with E-state index in [0.717, 1.165) is 56.4 Å². The van der Waals surface area contributed by atoms with Crippen molar-refractivity contribution in [1.82, 2.24) is 29.9 Å². The van der Waals surface area contributed by atoms with Gasteiger partial charge in [0.25, 0.3) is 0 Å². The summed E-state index contributed by atoms with van der Waals surface area (Å²) in [6.07, 6.45) is 3.58. The first-order chi connectivity index (χ1) is 25.0. The van der Waals surface area contributed by atoms with E-state index in [9.17, 15) is 0 Å². The molecule has 51 heavy (non-hydrogen) atoms. The molecule has 0 unspecified atom stereocenters. The van der Waals surface area contributed by atoms with E-state index in [2.05, 4.69) is 72.3 Å². The average molecular weight is 659 g/mol. The molecule has 0 aliphatic heterocycles. The van der Waals surface area contributed by atoms with Gasteiger partial charge in [0.1, 0.15) is 0 Å². The number of pyridine rings is 2. The molecular weight excluding hydrogens is 625 g/mol. The Morgan fingerprint density at radius 1 is 0.333 bits per heavy atom. The van der Waals surface area contributed by atoms with E-state index in [4.69, 9.17) is 19.9 Å². The van der Waals surface area contributed by atoms with Crippen LogP contribution in [0.1, 0.15) is 25.0 Å². The van der Waals surface area contributed by atoms with Crippen LogP contribution in [0.4, 0.5) is 0 Å². The molecule has 0 amide bonds. The van der Waals surface area contributed by atoms with Gasteiger partial charge in [0.15, 0.2) is 11.6 Å². The quantitative estimate of drug-likeness (QED) is 0.162. The average Bonchev–Trinajstić information content (AvgIpc) is 3.22. The lowest BCUT2D eigenvalue weighted by atomic mass is 9.77. The Balaban J connectivity index is 1.10. The minimum absolute atomic E-state index is 0.253. The molecule has 0 aliphatic rings. The van der Waals surface area contributed by atoms with Gasteiger partial charge in [-0.1, -0.05) is 135 Å². The topological polar surface area (TPSA) is 77.3 Å². The Hall–Kier alpha value is -6.66. The van der Waals surface area contributed by atoms with E-state index in [1.807, 2.05) is 109 Å². The zero-order chi connectivity index (χ0) is 34.6.